The molecule has 5 nitrogen and oxygen atoms in total. The molecule has 2 aromatic rings. The van der Waals surface area contributed by atoms with Crippen LogP contribution in [0.4, 0.5) is 0 Å². The fourth-order valence-corrected chi connectivity index (χ4v) is 4.20. The van der Waals surface area contributed by atoms with E-state index >= 15 is 0 Å². The summed E-state index contributed by atoms with van der Waals surface area (Å²) in [6.45, 7) is 14.7. The van der Waals surface area contributed by atoms with E-state index in [4.69, 9.17) is 4.74 Å². The SMILES string of the molecule is C=CCOc1cccc(C2/C(=C(\O)c3cc(C(C)(C)C)ccc3C)C(=O)C(=O)N2CCCC)c1. The number of nitrogens with zero attached hydrogens (tertiary/aromatic N) is 1. The number of Topliss-reactive ketones (excluding diaryl/α,β-unsaturated/α-hetero) is 1. The molecule has 180 valence electrons. The number of unbranched alkanes of at least 4 members (excludes halogenated alkanes) is 1. The molecule has 1 saturated heterocycles. The van der Waals surface area contributed by atoms with Crippen LogP contribution in [0.5, 0.6) is 5.75 Å². The highest BCUT2D eigenvalue weighted by Gasteiger charge is 2.46. The Morgan fingerprint density at radius 2 is 1.91 bits per heavy atom. The van der Waals surface area contributed by atoms with Gasteiger partial charge in [-0.05, 0) is 53.6 Å². The van der Waals surface area contributed by atoms with Crippen molar-refractivity contribution in [1.82, 2.24) is 4.90 Å². The number of benzene rings is 2. The number of hydrogen-bond acceptors (Lipinski definition) is 4. The van der Waals surface area contributed by atoms with E-state index in [1.54, 1.807) is 11.0 Å². The molecule has 1 amide bonds. The molecule has 1 aliphatic heterocycles. The van der Waals surface area contributed by atoms with Crippen molar-refractivity contribution < 1.29 is 19.4 Å². The lowest BCUT2D eigenvalue weighted by Gasteiger charge is -2.26. The molecule has 5 heteroatoms. The van der Waals surface area contributed by atoms with Crippen LogP contribution in [-0.2, 0) is 15.0 Å². The Labute approximate surface area is 202 Å². The predicted octanol–water partition coefficient (Wildman–Crippen LogP) is 6.08. The molecule has 0 bridgehead atoms. The van der Waals surface area contributed by atoms with E-state index in [0.29, 0.717) is 24.5 Å². The normalized spacial score (nSPS) is 17.8. The Balaban J connectivity index is 2.21. The van der Waals surface area contributed by atoms with Crippen LogP contribution in [0.1, 0.15) is 68.8 Å². The van der Waals surface area contributed by atoms with Gasteiger partial charge >= 0.3 is 0 Å². The monoisotopic (exact) mass is 461 g/mol. The average molecular weight is 462 g/mol. The van der Waals surface area contributed by atoms with Gasteiger partial charge in [0.25, 0.3) is 11.7 Å². The number of hydrogen-bond donors (Lipinski definition) is 1. The maximum absolute atomic E-state index is 13.3. The van der Waals surface area contributed by atoms with Gasteiger partial charge in [0.1, 0.15) is 18.1 Å². The first kappa shape index (κ1) is 25.3. The van der Waals surface area contributed by atoms with Gasteiger partial charge < -0.3 is 14.7 Å². The molecule has 1 heterocycles. The van der Waals surface area contributed by atoms with Gasteiger partial charge in [-0.25, -0.2) is 0 Å². The molecule has 2 aromatic carbocycles. The van der Waals surface area contributed by atoms with Crippen molar-refractivity contribution >= 4 is 17.4 Å². The van der Waals surface area contributed by atoms with Crippen LogP contribution in [0.15, 0.2) is 60.7 Å². The molecule has 1 fully saturated rings. The fraction of sp³-hybridized carbons (Fsp3) is 0.379. The Kier molecular flexibility index (Phi) is 7.65. The Morgan fingerprint density at radius 1 is 1.18 bits per heavy atom. The third-order valence-electron chi connectivity index (χ3n) is 6.19. The first-order valence-electron chi connectivity index (χ1n) is 11.8. The summed E-state index contributed by atoms with van der Waals surface area (Å²) in [6.07, 6.45) is 3.30. The third-order valence-corrected chi connectivity index (χ3v) is 6.19. The number of likely N-dealkylation sites (tertiary alicyclic amines) is 1. The van der Waals surface area contributed by atoms with Gasteiger partial charge in [0, 0.05) is 12.1 Å². The zero-order valence-electron chi connectivity index (χ0n) is 20.9. The second-order valence-electron chi connectivity index (χ2n) is 9.80. The molecule has 1 aliphatic rings. The van der Waals surface area contributed by atoms with Gasteiger partial charge in [-0.3, -0.25) is 9.59 Å². The summed E-state index contributed by atoms with van der Waals surface area (Å²) in [5.74, 6) is -0.758. The highest BCUT2D eigenvalue weighted by atomic mass is 16.5. The number of carbonyl (C=O) groups excluding carboxylic acids is 2. The minimum Gasteiger partial charge on any atom is -0.507 e. The van der Waals surface area contributed by atoms with Gasteiger partial charge in [0.15, 0.2) is 0 Å². The lowest BCUT2D eigenvalue weighted by Crippen LogP contribution is -2.30. The zero-order valence-corrected chi connectivity index (χ0v) is 20.9. The molecule has 3 rings (SSSR count). The van der Waals surface area contributed by atoms with Crippen LogP contribution in [0.2, 0.25) is 0 Å². The van der Waals surface area contributed by atoms with Crippen LogP contribution >= 0.6 is 0 Å². The number of ketones is 1. The van der Waals surface area contributed by atoms with E-state index in [1.165, 1.54) is 0 Å². The standard InChI is InChI=1S/C29H35NO4/c1-7-9-15-30-25(20-11-10-12-22(17-20)34-16-8-2)24(27(32)28(30)33)26(31)23-18-21(29(4,5)6)14-13-19(23)3/h8,10-14,17-18,25,31H,2,7,9,15-16H2,1,3-6H3/b26-24+. The summed E-state index contributed by atoms with van der Waals surface area (Å²) in [4.78, 5) is 27.9. The second-order valence-corrected chi connectivity index (χ2v) is 9.80. The van der Waals surface area contributed by atoms with Crippen molar-refractivity contribution in [1.29, 1.82) is 0 Å². The molecule has 0 aromatic heterocycles. The number of ether oxygens (including phenoxy) is 1. The van der Waals surface area contributed by atoms with Crippen molar-refractivity contribution in [3.63, 3.8) is 0 Å². The van der Waals surface area contributed by atoms with Gasteiger partial charge in [-0.2, -0.15) is 0 Å². The molecule has 1 unspecified atom stereocenters. The van der Waals surface area contributed by atoms with Crippen LogP contribution in [0.25, 0.3) is 5.76 Å². The second kappa shape index (κ2) is 10.3. The Hall–Kier alpha value is -3.34. The number of carbonyl (C=O) groups is 2. The highest BCUT2D eigenvalue weighted by Crippen LogP contribution is 2.41. The minimum atomic E-state index is -0.684. The molecule has 0 saturated carbocycles. The number of rotatable bonds is 8. The lowest BCUT2D eigenvalue weighted by atomic mass is 9.84. The summed E-state index contributed by atoms with van der Waals surface area (Å²) in [6, 6.07) is 12.6. The molecule has 1 N–H and O–H groups in total. The van der Waals surface area contributed by atoms with Crippen molar-refractivity contribution in [3.8, 4) is 5.75 Å². The number of amides is 1. The molecule has 0 aliphatic carbocycles. The summed E-state index contributed by atoms with van der Waals surface area (Å²) in [7, 11) is 0. The summed E-state index contributed by atoms with van der Waals surface area (Å²) < 4.78 is 5.69. The largest absolute Gasteiger partial charge is 0.507 e. The van der Waals surface area contributed by atoms with E-state index < -0.39 is 17.7 Å². The Bertz CT molecular complexity index is 1120. The minimum absolute atomic E-state index is 0.121. The Morgan fingerprint density at radius 3 is 2.56 bits per heavy atom. The quantitative estimate of drug-likeness (QED) is 0.224. The topological polar surface area (TPSA) is 66.8 Å². The maximum atomic E-state index is 13.3. The van der Waals surface area contributed by atoms with Crippen LogP contribution in [0.3, 0.4) is 0 Å². The van der Waals surface area contributed by atoms with Crippen LogP contribution in [-0.4, -0.2) is 34.8 Å². The van der Waals surface area contributed by atoms with Crippen LogP contribution < -0.4 is 4.74 Å². The van der Waals surface area contributed by atoms with Crippen molar-refractivity contribution in [2.75, 3.05) is 13.2 Å². The molecule has 34 heavy (non-hydrogen) atoms. The lowest BCUT2D eigenvalue weighted by molar-refractivity contribution is -0.139. The van der Waals surface area contributed by atoms with Crippen molar-refractivity contribution in [3.05, 3.63) is 82.9 Å². The first-order chi connectivity index (χ1) is 16.1. The molecule has 0 radical (unpaired) electrons. The van der Waals surface area contributed by atoms with Gasteiger partial charge in [0.05, 0.1) is 11.6 Å². The maximum Gasteiger partial charge on any atom is 0.295 e. The fourth-order valence-electron chi connectivity index (χ4n) is 4.20. The van der Waals surface area contributed by atoms with Crippen LogP contribution in [0, 0.1) is 6.92 Å². The molecular weight excluding hydrogens is 426 g/mol. The van der Waals surface area contributed by atoms with E-state index in [9.17, 15) is 14.7 Å². The van der Waals surface area contributed by atoms with E-state index in [2.05, 4.69) is 27.4 Å². The number of aryl methyl sites for hydroxylation is 1. The zero-order chi connectivity index (χ0) is 25.0. The van der Waals surface area contributed by atoms with Crippen molar-refractivity contribution in [2.24, 2.45) is 0 Å². The van der Waals surface area contributed by atoms with Gasteiger partial charge in [0.2, 0.25) is 0 Å². The number of aliphatic hydroxyl groups excluding tert-OH is 1. The molecular formula is C29H35NO4. The molecule has 1 atom stereocenters. The average Bonchev–Trinajstić information content (AvgIpc) is 3.05. The van der Waals surface area contributed by atoms with E-state index in [1.807, 2.05) is 56.3 Å². The predicted molar refractivity (Wildman–Crippen MR) is 136 cm³/mol. The highest BCUT2D eigenvalue weighted by molar-refractivity contribution is 6.46. The third kappa shape index (κ3) is 5.09. The summed E-state index contributed by atoms with van der Waals surface area (Å²) in [5.41, 5.74) is 3.17. The summed E-state index contributed by atoms with van der Waals surface area (Å²) >= 11 is 0. The van der Waals surface area contributed by atoms with Crippen molar-refractivity contribution in [2.45, 2.75) is 58.9 Å². The van der Waals surface area contributed by atoms with E-state index in [-0.39, 0.29) is 16.7 Å². The smallest absolute Gasteiger partial charge is 0.295 e. The van der Waals surface area contributed by atoms with Gasteiger partial charge in [-0.15, -0.1) is 0 Å². The summed E-state index contributed by atoms with van der Waals surface area (Å²) in [5, 5.41) is 11.5. The number of aliphatic hydroxyl groups is 1. The van der Waals surface area contributed by atoms with Gasteiger partial charge in [-0.1, -0.05) is 71.0 Å². The van der Waals surface area contributed by atoms with E-state index in [0.717, 1.165) is 29.5 Å². The first-order valence-corrected chi connectivity index (χ1v) is 11.8. The molecule has 0 spiro atoms.